The lowest BCUT2D eigenvalue weighted by Gasteiger charge is -2.33. The van der Waals surface area contributed by atoms with E-state index in [0.717, 1.165) is 15.6 Å². The predicted octanol–water partition coefficient (Wildman–Crippen LogP) is 3.49. The number of anilines is 1. The van der Waals surface area contributed by atoms with E-state index in [9.17, 15) is 14.9 Å². The van der Waals surface area contributed by atoms with Crippen LogP contribution in [0.4, 0.5) is 5.69 Å². The summed E-state index contributed by atoms with van der Waals surface area (Å²) in [5.74, 6) is -1.74. The molecule has 27 heavy (non-hydrogen) atoms. The Labute approximate surface area is 164 Å². The molecule has 0 aromatic heterocycles. The topological polar surface area (TPSA) is 64.4 Å². The van der Waals surface area contributed by atoms with E-state index in [0.29, 0.717) is 5.69 Å². The van der Waals surface area contributed by atoms with E-state index in [1.54, 1.807) is 24.3 Å². The number of rotatable bonds is 1. The molecule has 0 bridgehead atoms. The van der Waals surface area contributed by atoms with Crippen molar-refractivity contribution in [2.24, 2.45) is 11.8 Å². The van der Waals surface area contributed by atoms with Gasteiger partial charge < -0.3 is 4.90 Å². The summed E-state index contributed by atoms with van der Waals surface area (Å²) in [5, 5.41) is 9.78. The molecular weight excluding hydrogens is 406 g/mol. The zero-order valence-electron chi connectivity index (χ0n) is 14.1. The van der Waals surface area contributed by atoms with Crippen molar-refractivity contribution >= 4 is 39.5 Å². The van der Waals surface area contributed by atoms with E-state index in [1.165, 1.54) is 4.90 Å². The van der Waals surface area contributed by atoms with Crippen LogP contribution in [-0.4, -0.2) is 22.8 Å². The molecule has 0 aliphatic carbocycles. The first-order valence-electron chi connectivity index (χ1n) is 8.69. The first-order chi connectivity index (χ1) is 13.1. The van der Waals surface area contributed by atoms with E-state index in [-0.39, 0.29) is 17.9 Å². The van der Waals surface area contributed by atoms with Gasteiger partial charge in [0.2, 0.25) is 11.8 Å². The van der Waals surface area contributed by atoms with Crippen LogP contribution in [0.25, 0.3) is 6.08 Å². The Balaban J connectivity index is 1.63. The Morgan fingerprint density at radius 1 is 0.963 bits per heavy atom. The smallest absolute Gasteiger partial charge is 0.240 e. The molecule has 4 atom stereocenters. The maximum atomic E-state index is 13.3. The molecule has 0 spiro atoms. The van der Waals surface area contributed by atoms with Gasteiger partial charge in [-0.3, -0.25) is 9.59 Å². The third-order valence-corrected chi connectivity index (χ3v) is 6.21. The first-order valence-corrected chi connectivity index (χ1v) is 9.48. The third-order valence-electron chi connectivity index (χ3n) is 5.68. The third kappa shape index (κ3) is 2.15. The van der Waals surface area contributed by atoms with Crippen molar-refractivity contribution in [3.63, 3.8) is 0 Å². The van der Waals surface area contributed by atoms with E-state index in [2.05, 4.69) is 22.0 Å². The van der Waals surface area contributed by atoms with E-state index < -0.39 is 17.9 Å². The van der Waals surface area contributed by atoms with Gasteiger partial charge in [0.05, 0.1) is 29.6 Å². The Morgan fingerprint density at radius 3 is 2.41 bits per heavy atom. The Hall–Kier alpha value is -2.91. The number of nitrogens with zero attached hydrogens (tertiary/aromatic N) is 3. The van der Waals surface area contributed by atoms with Crippen molar-refractivity contribution in [2.75, 3.05) is 4.90 Å². The highest BCUT2D eigenvalue weighted by atomic mass is 79.9. The second kappa shape index (κ2) is 5.80. The summed E-state index contributed by atoms with van der Waals surface area (Å²) in [6.45, 7) is 0. The monoisotopic (exact) mass is 419 g/mol. The van der Waals surface area contributed by atoms with Gasteiger partial charge in [-0.05, 0) is 41.5 Å². The second-order valence-corrected chi connectivity index (χ2v) is 7.87. The molecule has 0 N–H and O–H groups in total. The van der Waals surface area contributed by atoms with E-state index in [4.69, 9.17) is 0 Å². The van der Waals surface area contributed by atoms with E-state index >= 15 is 0 Å². The maximum Gasteiger partial charge on any atom is 0.240 e. The van der Waals surface area contributed by atoms with Gasteiger partial charge in [-0.1, -0.05) is 40.2 Å². The van der Waals surface area contributed by atoms with Crippen molar-refractivity contribution in [1.82, 2.24) is 4.90 Å². The SMILES string of the molecule is N#C[C@@H]1[C@@H]2C(=O)N(c3ccc(Br)cc3)C(=O)[C@@H]2[C@H]2c3ccccc3C=CN12. The molecule has 2 amide bonds. The summed E-state index contributed by atoms with van der Waals surface area (Å²) in [5.41, 5.74) is 2.57. The maximum absolute atomic E-state index is 13.3. The number of amides is 2. The molecule has 5 rings (SSSR count). The highest BCUT2D eigenvalue weighted by Gasteiger charge is 2.63. The average Bonchev–Trinajstić information content (AvgIpc) is 3.15. The summed E-state index contributed by atoms with van der Waals surface area (Å²) in [4.78, 5) is 29.7. The quantitative estimate of drug-likeness (QED) is 0.663. The van der Waals surface area contributed by atoms with Gasteiger partial charge in [0.1, 0.15) is 6.04 Å². The molecule has 0 saturated carbocycles. The number of benzene rings is 2. The molecule has 5 nitrogen and oxygen atoms in total. The van der Waals surface area contributed by atoms with Crippen LogP contribution >= 0.6 is 15.9 Å². The molecule has 2 saturated heterocycles. The van der Waals surface area contributed by atoms with Crippen LogP contribution in [0.5, 0.6) is 0 Å². The summed E-state index contributed by atoms with van der Waals surface area (Å²) >= 11 is 3.37. The number of hydrogen-bond donors (Lipinski definition) is 0. The summed E-state index contributed by atoms with van der Waals surface area (Å²) < 4.78 is 0.873. The minimum Gasteiger partial charge on any atom is -0.353 e. The van der Waals surface area contributed by atoms with Gasteiger partial charge in [-0.2, -0.15) is 5.26 Å². The van der Waals surface area contributed by atoms with Crippen LogP contribution in [0.1, 0.15) is 17.2 Å². The summed E-state index contributed by atoms with van der Waals surface area (Å²) in [7, 11) is 0. The number of imide groups is 1. The van der Waals surface area contributed by atoms with Crippen molar-refractivity contribution in [3.05, 3.63) is 70.3 Å². The number of hydrogen-bond acceptors (Lipinski definition) is 4. The first kappa shape index (κ1) is 16.3. The van der Waals surface area contributed by atoms with Gasteiger partial charge in [0.15, 0.2) is 0 Å². The number of fused-ring (bicyclic) bond motifs is 5. The Bertz CT molecular complexity index is 1040. The van der Waals surface area contributed by atoms with Gasteiger partial charge in [0, 0.05) is 10.7 Å². The van der Waals surface area contributed by atoms with Crippen LogP contribution in [0.3, 0.4) is 0 Å². The van der Waals surface area contributed by atoms with Crippen LogP contribution in [-0.2, 0) is 9.59 Å². The highest BCUT2D eigenvalue weighted by Crippen LogP contribution is 2.52. The van der Waals surface area contributed by atoms with Gasteiger partial charge in [-0.25, -0.2) is 4.90 Å². The normalized spacial score (nSPS) is 28.0. The largest absolute Gasteiger partial charge is 0.353 e. The number of halogens is 1. The fourth-order valence-electron chi connectivity index (χ4n) is 4.55. The lowest BCUT2D eigenvalue weighted by Crippen LogP contribution is -2.40. The van der Waals surface area contributed by atoms with Gasteiger partial charge in [-0.15, -0.1) is 0 Å². The molecule has 3 aliphatic heterocycles. The minimum atomic E-state index is -0.660. The molecule has 6 heteroatoms. The number of nitriles is 1. The molecule has 2 fully saturated rings. The highest BCUT2D eigenvalue weighted by molar-refractivity contribution is 9.10. The summed E-state index contributed by atoms with van der Waals surface area (Å²) in [6, 6.07) is 16.3. The molecule has 0 unspecified atom stereocenters. The van der Waals surface area contributed by atoms with Crippen LogP contribution in [0.15, 0.2) is 59.2 Å². The number of carbonyl (C=O) groups is 2. The molecule has 2 aromatic rings. The average molecular weight is 420 g/mol. The molecule has 132 valence electrons. The fourth-order valence-corrected chi connectivity index (χ4v) is 4.81. The zero-order chi connectivity index (χ0) is 18.7. The lowest BCUT2D eigenvalue weighted by molar-refractivity contribution is -0.123. The van der Waals surface area contributed by atoms with Crippen molar-refractivity contribution < 1.29 is 9.59 Å². The van der Waals surface area contributed by atoms with Crippen molar-refractivity contribution in [3.8, 4) is 6.07 Å². The van der Waals surface area contributed by atoms with Crippen molar-refractivity contribution in [1.29, 1.82) is 5.26 Å². The number of carbonyl (C=O) groups excluding carboxylic acids is 2. The van der Waals surface area contributed by atoms with E-state index in [1.807, 2.05) is 41.4 Å². The fraction of sp³-hybridized carbons (Fsp3) is 0.190. The van der Waals surface area contributed by atoms with Gasteiger partial charge in [0.25, 0.3) is 0 Å². The summed E-state index contributed by atoms with van der Waals surface area (Å²) in [6.07, 6.45) is 3.79. The molecule has 0 radical (unpaired) electrons. The van der Waals surface area contributed by atoms with Gasteiger partial charge >= 0.3 is 0 Å². The minimum absolute atomic E-state index is 0.231. The second-order valence-electron chi connectivity index (χ2n) is 6.95. The van der Waals surface area contributed by atoms with Crippen molar-refractivity contribution in [2.45, 2.75) is 12.1 Å². The standard InChI is InChI=1S/C21H14BrN3O2/c22-13-5-7-14(8-6-13)25-20(26)17-16(11-23)24-10-9-12-3-1-2-4-15(12)19(24)18(17)21(25)27/h1-10,16-19H/t16-,17+,18+,19-/m1/s1. The molecule has 2 aromatic carbocycles. The predicted molar refractivity (Wildman–Crippen MR) is 103 cm³/mol. The molecule has 3 heterocycles. The van der Waals surface area contributed by atoms with Crippen LogP contribution in [0.2, 0.25) is 0 Å². The Kier molecular flexibility index (Phi) is 3.49. The Morgan fingerprint density at radius 2 is 1.67 bits per heavy atom. The molecular formula is C21H14BrN3O2. The lowest BCUT2D eigenvalue weighted by atomic mass is 9.85. The van der Waals surface area contributed by atoms with Crippen LogP contribution < -0.4 is 4.90 Å². The zero-order valence-corrected chi connectivity index (χ0v) is 15.7. The molecule has 3 aliphatic rings. The van der Waals surface area contributed by atoms with Crippen LogP contribution in [0, 0.1) is 23.2 Å².